The molecule has 0 bridgehead atoms. The van der Waals surface area contributed by atoms with E-state index in [1.807, 2.05) is 13.8 Å². The van der Waals surface area contributed by atoms with Crippen molar-refractivity contribution >= 4 is 12.4 Å². The lowest BCUT2D eigenvalue weighted by Crippen LogP contribution is -1.99. The highest BCUT2D eigenvalue weighted by Gasteiger charge is 1.93. The lowest BCUT2D eigenvalue weighted by Gasteiger charge is -1.95. The van der Waals surface area contributed by atoms with Crippen LogP contribution in [0.4, 0.5) is 0 Å². The first kappa shape index (κ1) is 14.8. The van der Waals surface area contributed by atoms with E-state index in [4.69, 9.17) is 0 Å². The number of hydrogen-bond donors (Lipinski definition) is 1. The first-order valence-electron chi connectivity index (χ1n) is 4.11. The smallest absolute Gasteiger partial charge is 0.132 e. The minimum Gasteiger partial charge on any atom is -0.333 e. The summed E-state index contributed by atoms with van der Waals surface area (Å²) in [5.41, 5.74) is 4.50. The van der Waals surface area contributed by atoms with Gasteiger partial charge in [-0.15, -0.1) is 12.4 Å². The number of hydrogen-bond acceptors (Lipinski definition) is 4. The molecule has 0 spiro atoms. The minimum absolute atomic E-state index is 0. The Balaban J connectivity index is 0. The van der Waals surface area contributed by atoms with Gasteiger partial charge in [-0.05, 0) is 7.05 Å². The lowest BCUT2D eigenvalue weighted by atomic mass is 10.4. The molecule has 1 heterocycles. The second-order valence-electron chi connectivity index (χ2n) is 2.03. The zero-order valence-corrected chi connectivity index (χ0v) is 9.14. The third kappa shape index (κ3) is 5.49. The summed E-state index contributed by atoms with van der Waals surface area (Å²) >= 11 is 0. The highest BCUT2D eigenvalue weighted by atomic mass is 35.5. The standard InChI is InChI=1S/C7H11N3.CH5N.ClH/c1-3-6-8-5-9-7(4-2)10-6;1-2;/h5H,3-4H2,1-2H3;2H2,1H3;1H. The van der Waals surface area contributed by atoms with Crippen LogP contribution in [0.15, 0.2) is 6.33 Å². The molecule has 0 aromatic carbocycles. The van der Waals surface area contributed by atoms with E-state index in [0.717, 1.165) is 24.5 Å². The van der Waals surface area contributed by atoms with Crippen LogP contribution in [0.5, 0.6) is 0 Å². The molecule has 1 aromatic heterocycles. The third-order valence-corrected chi connectivity index (χ3v) is 1.30. The molecule has 0 saturated heterocycles. The topological polar surface area (TPSA) is 64.7 Å². The van der Waals surface area contributed by atoms with E-state index in [9.17, 15) is 0 Å². The average Bonchev–Trinajstić information content (AvgIpc) is 2.21. The molecule has 0 aliphatic rings. The van der Waals surface area contributed by atoms with E-state index < -0.39 is 0 Å². The van der Waals surface area contributed by atoms with Crippen molar-refractivity contribution in [2.45, 2.75) is 26.7 Å². The fourth-order valence-electron chi connectivity index (χ4n) is 0.710. The Morgan fingerprint density at radius 2 is 1.46 bits per heavy atom. The van der Waals surface area contributed by atoms with Gasteiger partial charge in [-0.1, -0.05) is 13.8 Å². The van der Waals surface area contributed by atoms with Gasteiger partial charge in [-0.2, -0.15) is 0 Å². The van der Waals surface area contributed by atoms with Crippen molar-refractivity contribution in [2.24, 2.45) is 5.73 Å². The Morgan fingerprint density at radius 1 is 1.08 bits per heavy atom. The summed E-state index contributed by atoms with van der Waals surface area (Å²) in [6.45, 7) is 4.07. The fourth-order valence-corrected chi connectivity index (χ4v) is 0.710. The number of nitrogens with zero attached hydrogens (tertiary/aromatic N) is 3. The van der Waals surface area contributed by atoms with E-state index >= 15 is 0 Å². The van der Waals surface area contributed by atoms with Crippen LogP contribution in [0.1, 0.15) is 25.5 Å². The van der Waals surface area contributed by atoms with Crippen molar-refractivity contribution in [1.29, 1.82) is 0 Å². The van der Waals surface area contributed by atoms with Gasteiger partial charge in [-0.3, -0.25) is 0 Å². The lowest BCUT2D eigenvalue weighted by molar-refractivity contribution is 0.825. The summed E-state index contributed by atoms with van der Waals surface area (Å²) in [4.78, 5) is 12.2. The van der Waals surface area contributed by atoms with Crippen molar-refractivity contribution < 1.29 is 0 Å². The maximum Gasteiger partial charge on any atom is 0.132 e. The van der Waals surface area contributed by atoms with E-state index in [2.05, 4.69) is 20.7 Å². The molecule has 0 saturated carbocycles. The molecule has 13 heavy (non-hydrogen) atoms. The number of halogens is 1. The monoisotopic (exact) mass is 204 g/mol. The average molecular weight is 205 g/mol. The van der Waals surface area contributed by atoms with E-state index in [1.165, 1.54) is 7.05 Å². The Kier molecular flexibility index (Phi) is 10.6. The number of aryl methyl sites for hydroxylation is 2. The van der Waals surface area contributed by atoms with Crippen LogP contribution >= 0.6 is 12.4 Å². The molecular formula is C8H17ClN4. The van der Waals surface area contributed by atoms with E-state index in [0.29, 0.717) is 0 Å². The maximum absolute atomic E-state index is 4.50. The van der Waals surface area contributed by atoms with Gasteiger partial charge in [0.2, 0.25) is 0 Å². The number of nitrogens with two attached hydrogens (primary N) is 1. The Labute approximate surface area is 85.4 Å². The summed E-state index contributed by atoms with van der Waals surface area (Å²) in [5, 5.41) is 0. The molecule has 76 valence electrons. The Hall–Kier alpha value is -0.740. The van der Waals surface area contributed by atoms with Crippen LogP contribution < -0.4 is 5.73 Å². The van der Waals surface area contributed by atoms with Crippen molar-refractivity contribution in [3.8, 4) is 0 Å². The third-order valence-electron chi connectivity index (χ3n) is 1.30. The molecule has 0 unspecified atom stereocenters. The molecule has 1 aromatic rings. The summed E-state index contributed by atoms with van der Waals surface area (Å²) in [6.07, 6.45) is 3.34. The van der Waals surface area contributed by atoms with Crippen molar-refractivity contribution in [3.63, 3.8) is 0 Å². The summed E-state index contributed by atoms with van der Waals surface area (Å²) < 4.78 is 0. The number of rotatable bonds is 2. The largest absolute Gasteiger partial charge is 0.333 e. The molecule has 2 N–H and O–H groups in total. The van der Waals surface area contributed by atoms with Gasteiger partial charge < -0.3 is 5.73 Å². The Morgan fingerprint density at radius 3 is 1.77 bits per heavy atom. The SMILES string of the molecule is CCc1ncnc(CC)n1.CN.Cl. The van der Waals surface area contributed by atoms with Crippen LogP contribution in [0.2, 0.25) is 0 Å². The van der Waals surface area contributed by atoms with Crippen LogP contribution in [0.3, 0.4) is 0 Å². The zero-order chi connectivity index (χ0) is 9.40. The summed E-state index contributed by atoms with van der Waals surface area (Å²) in [7, 11) is 1.50. The second kappa shape index (κ2) is 9.35. The molecule has 4 nitrogen and oxygen atoms in total. The molecule has 0 atom stereocenters. The summed E-state index contributed by atoms with van der Waals surface area (Å²) in [5.74, 6) is 1.76. The van der Waals surface area contributed by atoms with Gasteiger partial charge in [0.15, 0.2) is 0 Å². The van der Waals surface area contributed by atoms with Crippen LogP contribution in [-0.4, -0.2) is 22.0 Å². The highest BCUT2D eigenvalue weighted by Crippen LogP contribution is 1.91. The molecule has 1 rings (SSSR count). The Bertz CT molecular complexity index is 198. The quantitative estimate of drug-likeness (QED) is 0.781. The predicted octanol–water partition coefficient (Wildman–Crippen LogP) is 0.993. The van der Waals surface area contributed by atoms with Gasteiger partial charge in [0.25, 0.3) is 0 Å². The van der Waals surface area contributed by atoms with Crippen molar-refractivity contribution in [3.05, 3.63) is 18.0 Å². The van der Waals surface area contributed by atoms with Crippen LogP contribution in [0.25, 0.3) is 0 Å². The second-order valence-corrected chi connectivity index (χ2v) is 2.03. The fraction of sp³-hybridized carbons (Fsp3) is 0.625. The maximum atomic E-state index is 4.50. The molecular weight excluding hydrogens is 188 g/mol. The molecule has 0 radical (unpaired) electrons. The molecule has 0 fully saturated rings. The van der Waals surface area contributed by atoms with Gasteiger partial charge >= 0.3 is 0 Å². The molecule has 0 amide bonds. The van der Waals surface area contributed by atoms with Crippen LogP contribution in [-0.2, 0) is 12.8 Å². The summed E-state index contributed by atoms with van der Waals surface area (Å²) in [6, 6.07) is 0. The van der Waals surface area contributed by atoms with E-state index in [1.54, 1.807) is 6.33 Å². The molecule has 0 aliphatic heterocycles. The number of aromatic nitrogens is 3. The van der Waals surface area contributed by atoms with Gasteiger partial charge in [0.05, 0.1) is 0 Å². The first-order valence-corrected chi connectivity index (χ1v) is 4.11. The van der Waals surface area contributed by atoms with Gasteiger partial charge in [0, 0.05) is 12.8 Å². The van der Waals surface area contributed by atoms with Crippen molar-refractivity contribution in [2.75, 3.05) is 7.05 Å². The van der Waals surface area contributed by atoms with Crippen LogP contribution in [0, 0.1) is 0 Å². The van der Waals surface area contributed by atoms with E-state index in [-0.39, 0.29) is 12.4 Å². The normalized spacial score (nSPS) is 8.00. The first-order chi connectivity index (χ1) is 5.86. The molecule has 0 aliphatic carbocycles. The molecule has 5 heteroatoms. The predicted molar refractivity (Wildman–Crippen MR) is 55.9 cm³/mol. The van der Waals surface area contributed by atoms with Crippen molar-refractivity contribution in [1.82, 2.24) is 15.0 Å². The highest BCUT2D eigenvalue weighted by molar-refractivity contribution is 5.85. The van der Waals surface area contributed by atoms with Gasteiger partial charge in [-0.25, -0.2) is 15.0 Å². The minimum atomic E-state index is 0. The van der Waals surface area contributed by atoms with Gasteiger partial charge in [0.1, 0.15) is 18.0 Å². The zero-order valence-electron chi connectivity index (χ0n) is 8.32.